The molecular formula is C14H19N3O4. The van der Waals surface area contributed by atoms with Crippen molar-refractivity contribution >= 4 is 23.6 Å². The SMILES string of the molecule is CC(C)NC(=O)Nc1ccc(C(=O)N[C@H](C)C(=O)O)cc1. The first-order valence-corrected chi connectivity index (χ1v) is 6.51. The number of carboxylic acid groups (broad SMARTS) is 1. The van der Waals surface area contributed by atoms with Gasteiger partial charge in [-0.2, -0.15) is 0 Å². The van der Waals surface area contributed by atoms with Gasteiger partial charge in [-0.3, -0.25) is 9.59 Å². The van der Waals surface area contributed by atoms with E-state index in [9.17, 15) is 14.4 Å². The Morgan fingerprint density at radius 3 is 2.05 bits per heavy atom. The molecule has 0 heterocycles. The molecule has 1 rings (SSSR count). The Kier molecular flexibility index (Phi) is 5.71. The number of hydrogen-bond donors (Lipinski definition) is 4. The van der Waals surface area contributed by atoms with E-state index < -0.39 is 17.9 Å². The standard InChI is InChI=1S/C14H19N3O4/c1-8(2)15-14(21)17-11-6-4-10(5-7-11)12(18)16-9(3)13(19)20/h4-9H,1-3H3,(H,16,18)(H,19,20)(H2,15,17,21)/t9-/m1/s1. The first kappa shape index (κ1) is 16.5. The van der Waals surface area contributed by atoms with Crippen molar-refractivity contribution < 1.29 is 19.5 Å². The van der Waals surface area contributed by atoms with Gasteiger partial charge in [0.15, 0.2) is 0 Å². The van der Waals surface area contributed by atoms with Crippen LogP contribution in [-0.2, 0) is 4.79 Å². The number of anilines is 1. The van der Waals surface area contributed by atoms with Gasteiger partial charge in [-0.15, -0.1) is 0 Å². The third-order valence-corrected chi connectivity index (χ3v) is 2.54. The van der Waals surface area contributed by atoms with E-state index in [0.717, 1.165) is 0 Å². The summed E-state index contributed by atoms with van der Waals surface area (Å²) in [6.07, 6.45) is 0. The maximum atomic E-state index is 11.8. The molecule has 7 nitrogen and oxygen atoms in total. The van der Waals surface area contributed by atoms with Crippen LogP contribution in [0, 0.1) is 0 Å². The van der Waals surface area contributed by atoms with E-state index in [2.05, 4.69) is 16.0 Å². The summed E-state index contributed by atoms with van der Waals surface area (Å²) in [5, 5.41) is 16.4. The molecular weight excluding hydrogens is 274 g/mol. The molecule has 0 unspecified atom stereocenters. The van der Waals surface area contributed by atoms with Gasteiger partial charge in [0.05, 0.1) is 0 Å². The van der Waals surface area contributed by atoms with Crippen LogP contribution in [0.2, 0.25) is 0 Å². The molecule has 3 amide bonds. The number of rotatable bonds is 5. The zero-order valence-electron chi connectivity index (χ0n) is 12.1. The van der Waals surface area contributed by atoms with Crippen molar-refractivity contribution in [3.8, 4) is 0 Å². The number of nitrogens with one attached hydrogen (secondary N) is 3. The highest BCUT2D eigenvalue weighted by atomic mass is 16.4. The lowest BCUT2D eigenvalue weighted by atomic mass is 10.2. The number of hydrogen-bond acceptors (Lipinski definition) is 3. The lowest BCUT2D eigenvalue weighted by Gasteiger charge is -2.11. The van der Waals surface area contributed by atoms with Crippen molar-refractivity contribution in [1.29, 1.82) is 0 Å². The molecule has 0 bridgehead atoms. The summed E-state index contributed by atoms with van der Waals surface area (Å²) in [4.78, 5) is 33.9. The van der Waals surface area contributed by atoms with Crippen LogP contribution < -0.4 is 16.0 Å². The van der Waals surface area contributed by atoms with Crippen LogP contribution in [0.3, 0.4) is 0 Å². The molecule has 0 saturated carbocycles. The Labute approximate surface area is 122 Å². The molecule has 0 aromatic heterocycles. The van der Waals surface area contributed by atoms with Gasteiger partial charge < -0.3 is 21.1 Å². The van der Waals surface area contributed by atoms with Gasteiger partial charge in [0.1, 0.15) is 6.04 Å². The average molecular weight is 293 g/mol. The molecule has 0 fully saturated rings. The summed E-state index contributed by atoms with van der Waals surface area (Å²) >= 11 is 0. The Morgan fingerprint density at radius 1 is 1.00 bits per heavy atom. The van der Waals surface area contributed by atoms with Crippen LogP contribution in [-0.4, -0.2) is 35.1 Å². The summed E-state index contributed by atoms with van der Waals surface area (Å²) in [7, 11) is 0. The maximum Gasteiger partial charge on any atom is 0.325 e. The van der Waals surface area contributed by atoms with Crippen LogP contribution in [0.1, 0.15) is 31.1 Å². The highest BCUT2D eigenvalue weighted by molar-refractivity contribution is 5.97. The van der Waals surface area contributed by atoms with Crippen molar-refractivity contribution in [2.75, 3.05) is 5.32 Å². The van der Waals surface area contributed by atoms with Gasteiger partial charge >= 0.3 is 12.0 Å². The number of carbonyl (C=O) groups excluding carboxylic acids is 2. The molecule has 0 radical (unpaired) electrons. The van der Waals surface area contributed by atoms with E-state index in [1.807, 2.05) is 13.8 Å². The molecule has 114 valence electrons. The van der Waals surface area contributed by atoms with Gasteiger partial charge in [0, 0.05) is 17.3 Å². The first-order chi connectivity index (χ1) is 9.79. The van der Waals surface area contributed by atoms with Crippen LogP contribution in [0.15, 0.2) is 24.3 Å². The summed E-state index contributed by atoms with van der Waals surface area (Å²) < 4.78 is 0. The molecule has 0 aliphatic rings. The molecule has 0 spiro atoms. The largest absolute Gasteiger partial charge is 0.480 e. The lowest BCUT2D eigenvalue weighted by molar-refractivity contribution is -0.138. The van der Waals surface area contributed by atoms with Crippen LogP contribution >= 0.6 is 0 Å². The van der Waals surface area contributed by atoms with Crippen LogP contribution in [0.5, 0.6) is 0 Å². The number of aliphatic carboxylic acids is 1. The monoisotopic (exact) mass is 293 g/mol. The predicted molar refractivity (Wildman–Crippen MR) is 78.3 cm³/mol. The van der Waals surface area contributed by atoms with Gasteiger partial charge in [-0.25, -0.2) is 4.79 Å². The van der Waals surface area contributed by atoms with Crippen molar-refractivity contribution in [3.63, 3.8) is 0 Å². The van der Waals surface area contributed by atoms with Crippen molar-refractivity contribution in [2.45, 2.75) is 32.9 Å². The van der Waals surface area contributed by atoms with Gasteiger partial charge in [-0.1, -0.05) is 0 Å². The third kappa shape index (κ3) is 5.52. The normalized spacial score (nSPS) is 11.6. The minimum atomic E-state index is -1.10. The zero-order chi connectivity index (χ0) is 16.0. The first-order valence-electron chi connectivity index (χ1n) is 6.51. The summed E-state index contributed by atoms with van der Waals surface area (Å²) in [5.74, 6) is -1.59. The molecule has 7 heteroatoms. The second kappa shape index (κ2) is 7.28. The molecule has 1 atom stereocenters. The summed E-state index contributed by atoms with van der Waals surface area (Å²) in [6, 6.07) is 4.88. The fourth-order valence-corrected chi connectivity index (χ4v) is 1.48. The highest BCUT2D eigenvalue weighted by Gasteiger charge is 2.15. The van der Waals surface area contributed by atoms with Crippen molar-refractivity contribution in [1.82, 2.24) is 10.6 Å². The second-order valence-electron chi connectivity index (χ2n) is 4.86. The lowest BCUT2D eigenvalue weighted by Crippen LogP contribution is -2.38. The molecule has 21 heavy (non-hydrogen) atoms. The van der Waals surface area contributed by atoms with Gasteiger partial charge in [0.25, 0.3) is 5.91 Å². The minimum absolute atomic E-state index is 0.0209. The molecule has 1 aromatic rings. The second-order valence-corrected chi connectivity index (χ2v) is 4.86. The number of urea groups is 1. The molecule has 0 aliphatic carbocycles. The smallest absolute Gasteiger partial charge is 0.325 e. The Balaban J connectivity index is 2.63. The molecule has 0 saturated heterocycles. The van der Waals surface area contributed by atoms with Gasteiger partial charge in [0.2, 0.25) is 0 Å². The summed E-state index contributed by atoms with van der Waals surface area (Å²) in [6.45, 7) is 5.07. The van der Waals surface area contributed by atoms with Crippen molar-refractivity contribution in [3.05, 3.63) is 29.8 Å². The van der Waals surface area contributed by atoms with Crippen molar-refractivity contribution in [2.24, 2.45) is 0 Å². The Bertz CT molecular complexity index is 526. The zero-order valence-corrected chi connectivity index (χ0v) is 12.1. The molecule has 0 aliphatic heterocycles. The number of amides is 3. The summed E-state index contributed by atoms with van der Waals surface area (Å²) in [5.41, 5.74) is 0.855. The van der Waals surface area contributed by atoms with E-state index in [-0.39, 0.29) is 12.1 Å². The Morgan fingerprint density at radius 2 is 1.57 bits per heavy atom. The highest BCUT2D eigenvalue weighted by Crippen LogP contribution is 2.09. The number of benzene rings is 1. The fraction of sp³-hybridized carbons (Fsp3) is 0.357. The topological polar surface area (TPSA) is 108 Å². The van der Waals surface area contributed by atoms with E-state index in [4.69, 9.17) is 5.11 Å². The molecule has 4 N–H and O–H groups in total. The van der Waals surface area contributed by atoms with E-state index >= 15 is 0 Å². The van der Waals surface area contributed by atoms with E-state index in [1.165, 1.54) is 19.1 Å². The fourth-order valence-electron chi connectivity index (χ4n) is 1.48. The average Bonchev–Trinajstić information content (AvgIpc) is 2.38. The minimum Gasteiger partial charge on any atom is -0.480 e. The van der Waals surface area contributed by atoms with Gasteiger partial charge in [-0.05, 0) is 45.0 Å². The van der Waals surface area contributed by atoms with E-state index in [1.54, 1.807) is 12.1 Å². The quantitative estimate of drug-likeness (QED) is 0.658. The predicted octanol–water partition coefficient (Wildman–Crippen LogP) is 1.42. The van der Waals surface area contributed by atoms with E-state index in [0.29, 0.717) is 11.3 Å². The third-order valence-electron chi connectivity index (χ3n) is 2.54. The van der Waals surface area contributed by atoms with Crippen LogP contribution in [0.4, 0.5) is 10.5 Å². The number of carbonyl (C=O) groups is 3. The maximum absolute atomic E-state index is 11.8. The molecule has 1 aromatic carbocycles. The number of carboxylic acids is 1. The Hall–Kier alpha value is -2.57. The van der Waals surface area contributed by atoms with Crippen LogP contribution in [0.25, 0.3) is 0 Å².